The van der Waals surface area contributed by atoms with Gasteiger partial charge in [0.1, 0.15) is 18.0 Å². The maximum atomic E-state index is 13.5. The molecule has 1 aliphatic rings. The van der Waals surface area contributed by atoms with E-state index in [0.29, 0.717) is 24.3 Å². The van der Waals surface area contributed by atoms with Gasteiger partial charge >= 0.3 is 23.7 Å². The zero-order valence-corrected chi connectivity index (χ0v) is 23.5. The molecule has 3 N–H and O–H groups in total. The fourth-order valence-electron chi connectivity index (χ4n) is 5.12. The summed E-state index contributed by atoms with van der Waals surface area (Å²) in [7, 11) is 0. The number of benzene rings is 3. The Labute approximate surface area is 248 Å². The second kappa shape index (κ2) is 14.0. The van der Waals surface area contributed by atoms with Gasteiger partial charge in [-0.2, -0.15) is 0 Å². The molecule has 3 aromatic carbocycles. The van der Waals surface area contributed by atoms with Gasteiger partial charge in [-0.15, -0.1) is 0 Å². The number of nitrogens with zero attached hydrogens (tertiary/aromatic N) is 1. The van der Waals surface area contributed by atoms with Gasteiger partial charge in [0.05, 0.1) is 19.1 Å². The first-order valence-electron chi connectivity index (χ1n) is 13.8. The number of para-hydroxylation sites is 1. The first kappa shape index (κ1) is 31.2. The molecule has 0 radical (unpaired) electrons. The van der Waals surface area contributed by atoms with E-state index >= 15 is 0 Å². The van der Waals surface area contributed by atoms with Crippen LogP contribution in [0.2, 0.25) is 0 Å². The van der Waals surface area contributed by atoms with E-state index in [1.807, 2.05) is 84.9 Å². The third kappa shape index (κ3) is 7.76. The van der Waals surface area contributed by atoms with Gasteiger partial charge in [-0.1, -0.05) is 60.7 Å². The fraction of sp³-hybridized carbons (Fsp3) is 0.312. The summed E-state index contributed by atoms with van der Waals surface area (Å²) in [6.45, 7) is 0.684. The molecule has 1 aliphatic heterocycles. The Kier molecular flexibility index (Phi) is 10.1. The summed E-state index contributed by atoms with van der Waals surface area (Å²) in [5.74, 6) is -7.51. The lowest BCUT2D eigenvalue weighted by atomic mass is 9.85. The predicted octanol–water partition coefficient (Wildman–Crippen LogP) is 4.17. The first-order valence-corrected chi connectivity index (χ1v) is 13.8. The fourth-order valence-corrected chi connectivity index (χ4v) is 5.12. The molecular formula is C32H33NO10. The van der Waals surface area contributed by atoms with Crippen LogP contribution in [-0.2, 0) is 35.1 Å². The number of amides is 1. The minimum atomic E-state index is -2.92. The van der Waals surface area contributed by atoms with E-state index in [9.17, 15) is 34.5 Å². The van der Waals surface area contributed by atoms with Crippen LogP contribution in [-0.4, -0.2) is 75.1 Å². The number of rotatable bonds is 14. The van der Waals surface area contributed by atoms with Gasteiger partial charge in [0, 0.05) is 12.0 Å². The maximum Gasteiger partial charge on any atom is 0.377 e. The number of hydrogen-bond acceptors (Lipinski definition) is 7. The zero-order chi connectivity index (χ0) is 31.0. The molecule has 1 heterocycles. The lowest BCUT2D eigenvalue weighted by molar-refractivity contribution is -0.218. The number of hydrogen-bond donors (Lipinski definition) is 3. The average molecular weight is 592 g/mol. The smallest absolute Gasteiger partial charge is 0.377 e. The van der Waals surface area contributed by atoms with E-state index < -0.39 is 61.3 Å². The van der Waals surface area contributed by atoms with Crippen LogP contribution < -0.4 is 4.74 Å². The lowest BCUT2D eigenvalue weighted by Crippen LogP contribution is -2.49. The van der Waals surface area contributed by atoms with E-state index in [0.717, 1.165) is 11.1 Å². The number of ether oxygens (including phenoxy) is 3. The van der Waals surface area contributed by atoms with Crippen LogP contribution in [0.1, 0.15) is 36.8 Å². The quantitative estimate of drug-likeness (QED) is 0.232. The van der Waals surface area contributed by atoms with Gasteiger partial charge in [-0.25, -0.2) is 9.59 Å². The number of aryl methyl sites for hydroxylation is 1. The van der Waals surface area contributed by atoms with Gasteiger partial charge in [0.2, 0.25) is 5.91 Å². The summed E-state index contributed by atoms with van der Waals surface area (Å²) in [6, 6.07) is 25.9. The van der Waals surface area contributed by atoms with Crippen LogP contribution in [0.25, 0.3) is 0 Å². The number of carboxylic acids is 3. The summed E-state index contributed by atoms with van der Waals surface area (Å²) in [6.07, 6.45) is -0.417. The van der Waals surface area contributed by atoms with Crippen LogP contribution >= 0.6 is 0 Å². The van der Waals surface area contributed by atoms with Crippen molar-refractivity contribution in [3.8, 4) is 11.5 Å². The highest BCUT2D eigenvalue weighted by atomic mass is 16.8. The normalized spacial score (nSPS) is 17.0. The topological polar surface area (TPSA) is 160 Å². The largest absolute Gasteiger partial charge is 0.480 e. The van der Waals surface area contributed by atoms with Crippen molar-refractivity contribution in [2.45, 2.75) is 50.0 Å². The lowest BCUT2D eigenvalue weighted by Gasteiger charge is -2.35. The van der Waals surface area contributed by atoms with Crippen molar-refractivity contribution in [1.29, 1.82) is 0 Å². The molecule has 0 spiro atoms. The van der Waals surface area contributed by atoms with Crippen LogP contribution in [0.5, 0.6) is 11.5 Å². The molecule has 1 saturated heterocycles. The van der Waals surface area contributed by atoms with E-state index in [4.69, 9.17) is 14.2 Å². The number of carbonyl (C=O) groups is 4. The first-order chi connectivity index (χ1) is 20.6. The molecule has 226 valence electrons. The van der Waals surface area contributed by atoms with Gasteiger partial charge in [0.25, 0.3) is 0 Å². The zero-order valence-electron chi connectivity index (χ0n) is 23.5. The third-order valence-corrected chi connectivity index (χ3v) is 7.34. The van der Waals surface area contributed by atoms with Crippen molar-refractivity contribution in [2.75, 3.05) is 13.2 Å². The Bertz CT molecular complexity index is 1400. The summed E-state index contributed by atoms with van der Waals surface area (Å²) in [4.78, 5) is 49.6. The molecule has 3 atom stereocenters. The van der Waals surface area contributed by atoms with Gasteiger partial charge in [-0.3, -0.25) is 9.59 Å². The van der Waals surface area contributed by atoms with Gasteiger partial charge < -0.3 is 34.4 Å². The molecule has 4 rings (SSSR count). The Balaban J connectivity index is 1.56. The van der Waals surface area contributed by atoms with Crippen molar-refractivity contribution in [3.63, 3.8) is 0 Å². The van der Waals surface area contributed by atoms with Crippen molar-refractivity contribution in [3.05, 3.63) is 96.1 Å². The second-order valence-electron chi connectivity index (χ2n) is 10.3. The number of carboxylic acid groups (broad SMARTS) is 3. The van der Waals surface area contributed by atoms with Crippen LogP contribution in [0.4, 0.5) is 0 Å². The van der Waals surface area contributed by atoms with Crippen molar-refractivity contribution in [1.82, 2.24) is 4.90 Å². The van der Waals surface area contributed by atoms with Gasteiger partial charge in [-0.05, 0) is 55.2 Å². The minimum Gasteiger partial charge on any atom is -0.480 e. The predicted molar refractivity (Wildman–Crippen MR) is 153 cm³/mol. The highest BCUT2D eigenvalue weighted by Gasteiger charge is 2.56. The highest BCUT2D eigenvalue weighted by molar-refractivity contribution is 6.00. The van der Waals surface area contributed by atoms with E-state index in [1.54, 1.807) is 6.92 Å². The average Bonchev–Trinajstić information content (AvgIpc) is 3.43. The molecule has 11 nitrogen and oxygen atoms in total. The molecule has 11 heteroatoms. The molecule has 3 aromatic rings. The maximum absolute atomic E-state index is 13.5. The Morgan fingerprint density at radius 3 is 2.02 bits per heavy atom. The van der Waals surface area contributed by atoms with Crippen molar-refractivity contribution >= 4 is 23.8 Å². The standard InChI is InChI=1S/C32H33NO10/c1-21(33(19-29(35)36)28(34)18-26-20-41-32(43-26,30(37)38)31(39)40)27(17-12-22-8-4-2-5-9-22)23-13-15-25(16-14-23)42-24-10-6-3-7-11-24/h2-11,13-16,21,26-27H,12,17-20H2,1H3,(H,35,36)(H,37,38)(H,39,40). The number of aliphatic carboxylic acids is 3. The molecule has 0 saturated carbocycles. The monoisotopic (exact) mass is 591 g/mol. The number of carbonyl (C=O) groups excluding carboxylic acids is 1. The van der Waals surface area contributed by atoms with Gasteiger partial charge in [0.15, 0.2) is 0 Å². The second-order valence-corrected chi connectivity index (χ2v) is 10.3. The molecule has 1 fully saturated rings. The van der Waals surface area contributed by atoms with Crippen LogP contribution in [0.3, 0.4) is 0 Å². The van der Waals surface area contributed by atoms with E-state index in [2.05, 4.69) is 0 Å². The molecule has 0 bridgehead atoms. The van der Waals surface area contributed by atoms with Crippen molar-refractivity contribution < 1.29 is 48.7 Å². The van der Waals surface area contributed by atoms with Crippen LogP contribution in [0.15, 0.2) is 84.9 Å². The van der Waals surface area contributed by atoms with Crippen LogP contribution in [0, 0.1) is 0 Å². The third-order valence-electron chi connectivity index (χ3n) is 7.34. The Morgan fingerprint density at radius 1 is 0.884 bits per heavy atom. The SMILES string of the molecule is CC(C(CCc1ccccc1)c1ccc(Oc2ccccc2)cc1)N(CC(=O)O)C(=O)CC1COC(C(=O)O)(C(=O)O)O1. The Morgan fingerprint density at radius 2 is 1.47 bits per heavy atom. The molecule has 3 unspecified atom stereocenters. The highest BCUT2D eigenvalue weighted by Crippen LogP contribution is 2.33. The summed E-state index contributed by atoms with van der Waals surface area (Å²) in [5.41, 5.74) is 1.94. The summed E-state index contributed by atoms with van der Waals surface area (Å²) >= 11 is 0. The minimum absolute atomic E-state index is 0.299. The molecule has 0 aliphatic carbocycles. The molecule has 43 heavy (non-hydrogen) atoms. The van der Waals surface area contributed by atoms with E-state index in [1.165, 1.54) is 4.90 Å². The molecule has 1 amide bonds. The molecule has 0 aromatic heterocycles. The Hall–Kier alpha value is -4.74. The molecular weight excluding hydrogens is 558 g/mol. The van der Waals surface area contributed by atoms with Crippen molar-refractivity contribution in [2.24, 2.45) is 0 Å². The summed E-state index contributed by atoms with van der Waals surface area (Å²) < 4.78 is 16.0. The van der Waals surface area contributed by atoms with E-state index in [-0.39, 0.29) is 5.92 Å². The summed E-state index contributed by atoms with van der Waals surface area (Å²) in [5, 5.41) is 28.4.